The molecule has 0 spiro atoms. The van der Waals surface area contributed by atoms with Crippen molar-refractivity contribution in [1.82, 2.24) is 0 Å². The summed E-state index contributed by atoms with van der Waals surface area (Å²) in [6, 6.07) is 10.5. The summed E-state index contributed by atoms with van der Waals surface area (Å²) in [6.07, 6.45) is 1.05. The van der Waals surface area contributed by atoms with Gasteiger partial charge >= 0.3 is 8.56 Å². The zero-order chi connectivity index (χ0) is 16.3. The fourth-order valence-corrected chi connectivity index (χ4v) is 8.38. The van der Waals surface area contributed by atoms with Gasteiger partial charge in [-0.1, -0.05) is 78.8 Å². The van der Waals surface area contributed by atoms with Crippen LogP contribution < -0.4 is 0 Å². The Hall–Kier alpha value is -0.643. The van der Waals surface area contributed by atoms with Crippen LogP contribution in [0.2, 0.25) is 10.1 Å². The average Bonchev–Trinajstić information content (AvgIpc) is 2.38. The van der Waals surface area contributed by atoms with E-state index in [1.165, 1.54) is 5.56 Å². The van der Waals surface area contributed by atoms with E-state index in [-0.39, 0.29) is 16.2 Å². The lowest BCUT2D eigenvalue weighted by atomic mass is 10.1. The maximum absolute atomic E-state index is 6.77. The molecule has 0 aromatic heterocycles. The van der Waals surface area contributed by atoms with Gasteiger partial charge in [-0.05, 0) is 12.0 Å². The Bertz CT molecular complexity index is 415. The van der Waals surface area contributed by atoms with Crippen molar-refractivity contribution >= 4 is 8.56 Å². The van der Waals surface area contributed by atoms with Crippen LogP contribution in [0.5, 0.6) is 0 Å². The molecular formula is C18H32O2Si. The molecule has 1 atom stereocenters. The zero-order valence-corrected chi connectivity index (χ0v) is 16.0. The third kappa shape index (κ3) is 3.76. The maximum atomic E-state index is 6.77. The highest BCUT2D eigenvalue weighted by atomic mass is 28.4. The Balaban J connectivity index is 3.23. The number of hydrogen-bond donors (Lipinski definition) is 0. The van der Waals surface area contributed by atoms with Gasteiger partial charge < -0.3 is 8.85 Å². The molecule has 0 saturated carbocycles. The largest absolute Gasteiger partial charge is 0.397 e. The zero-order valence-electron chi connectivity index (χ0n) is 15.0. The van der Waals surface area contributed by atoms with Gasteiger partial charge in [-0.15, -0.1) is 0 Å². The van der Waals surface area contributed by atoms with Crippen molar-refractivity contribution in [3.63, 3.8) is 0 Å². The Morgan fingerprint density at radius 3 is 1.76 bits per heavy atom. The van der Waals surface area contributed by atoms with Gasteiger partial charge in [-0.25, -0.2) is 0 Å². The standard InChI is InChI=1S/C18H32O2Si/c1-9-16(15-13-11-10-12-14-15)20-21(19-8,17(2,3)4)18(5,6)7/h10-14,16H,9H2,1-8H3. The van der Waals surface area contributed by atoms with E-state index < -0.39 is 8.56 Å². The van der Waals surface area contributed by atoms with Crippen LogP contribution >= 0.6 is 0 Å². The second kappa shape index (κ2) is 6.63. The molecule has 0 fully saturated rings. The lowest BCUT2D eigenvalue weighted by Crippen LogP contribution is -2.57. The quantitative estimate of drug-likeness (QED) is 0.636. The molecule has 0 amide bonds. The summed E-state index contributed by atoms with van der Waals surface area (Å²) in [7, 11) is -0.620. The third-order valence-corrected chi connectivity index (χ3v) is 9.25. The van der Waals surface area contributed by atoms with Crippen LogP contribution in [0.25, 0.3) is 0 Å². The smallest absolute Gasteiger partial charge is 0.349 e. The predicted octanol–water partition coefficient (Wildman–Crippen LogP) is 5.84. The van der Waals surface area contributed by atoms with E-state index in [1.807, 2.05) is 13.2 Å². The third-order valence-electron chi connectivity index (χ3n) is 4.11. The molecule has 3 heteroatoms. The summed E-state index contributed by atoms with van der Waals surface area (Å²) < 4.78 is 12.9. The Morgan fingerprint density at radius 1 is 0.952 bits per heavy atom. The first-order valence-electron chi connectivity index (χ1n) is 7.87. The van der Waals surface area contributed by atoms with E-state index in [2.05, 4.69) is 72.7 Å². The van der Waals surface area contributed by atoms with E-state index in [0.29, 0.717) is 0 Å². The minimum atomic E-state index is -2.44. The molecule has 120 valence electrons. The molecule has 0 aliphatic heterocycles. The second-order valence-corrected chi connectivity index (χ2v) is 12.6. The van der Waals surface area contributed by atoms with Crippen LogP contribution in [-0.4, -0.2) is 15.7 Å². The Morgan fingerprint density at radius 2 is 1.43 bits per heavy atom. The monoisotopic (exact) mass is 308 g/mol. The molecule has 2 nitrogen and oxygen atoms in total. The van der Waals surface area contributed by atoms with Crippen molar-refractivity contribution in [1.29, 1.82) is 0 Å². The van der Waals surface area contributed by atoms with Crippen molar-refractivity contribution in [2.75, 3.05) is 7.11 Å². The summed E-state index contributed by atoms with van der Waals surface area (Å²) in [5.74, 6) is 0. The van der Waals surface area contributed by atoms with E-state index in [9.17, 15) is 0 Å². The Labute approximate surface area is 132 Å². The van der Waals surface area contributed by atoms with E-state index >= 15 is 0 Å². The van der Waals surface area contributed by atoms with Gasteiger partial charge in [0.25, 0.3) is 0 Å². The van der Waals surface area contributed by atoms with E-state index in [0.717, 1.165) is 6.42 Å². The number of benzene rings is 1. The van der Waals surface area contributed by atoms with Crippen molar-refractivity contribution in [2.24, 2.45) is 0 Å². The molecule has 1 aromatic carbocycles. The fourth-order valence-electron chi connectivity index (χ4n) is 3.39. The molecule has 0 heterocycles. The van der Waals surface area contributed by atoms with Crippen molar-refractivity contribution in [3.8, 4) is 0 Å². The molecule has 0 aliphatic rings. The van der Waals surface area contributed by atoms with Crippen LogP contribution in [0, 0.1) is 0 Å². The van der Waals surface area contributed by atoms with Crippen molar-refractivity contribution < 1.29 is 8.85 Å². The van der Waals surface area contributed by atoms with Crippen molar-refractivity contribution in [3.05, 3.63) is 35.9 Å². The lowest BCUT2D eigenvalue weighted by molar-refractivity contribution is 0.0924. The minimum absolute atomic E-state index is 0.00218. The Kier molecular flexibility index (Phi) is 5.81. The highest BCUT2D eigenvalue weighted by Crippen LogP contribution is 2.53. The number of hydrogen-bond acceptors (Lipinski definition) is 2. The van der Waals surface area contributed by atoms with Crippen LogP contribution in [-0.2, 0) is 8.85 Å². The van der Waals surface area contributed by atoms with Gasteiger partial charge in [0.2, 0.25) is 0 Å². The molecule has 1 aromatic rings. The van der Waals surface area contributed by atoms with Crippen molar-refractivity contribution in [2.45, 2.75) is 71.1 Å². The molecule has 1 unspecified atom stereocenters. The summed E-state index contributed by atoms with van der Waals surface area (Å²) >= 11 is 0. The molecule has 0 radical (unpaired) electrons. The molecule has 0 N–H and O–H groups in total. The normalized spacial score (nSPS) is 15.0. The summed E-state index contributed by atoms with van der Waals surface area (Å²) in [4.78, 5) is 0. The molecule has 21 heavy (non-hydrogen) atoms. The molecule has 1 rings (SSSR count). The van der Waals surface area contributed by atoms with E-state index in [4.69, 9.17) is 8.85 Å². The highest BCUT2D eigenvalue weighted by Gasteiger charge is 2.58. The van der Waals surface area contributed by atoms with Gasteiger partial charge in [0.1, 0.15) is 0 Å². The SMILES string of the molecule is CCC(O[Si](OC)(C(C)(C)C)C(C)(C)C)c1ccccc1. The summed E-state index contributed by atoms with van der Waals surface area (Å²) in [5, 5.41) is 0.00437. The maximum Gasteiger partial charge on any atom is 0.349 e. The molecule has 0 saturated heterocycles. The van der Waals surface area contributed by atoms with E-state index in [1.54, 1.807) is 0 Å². The summed E-state index contributed by atoms with van der Waals surface area (Å²) in [6.45, 7) is 15.6. The molecule has 0 bridgehead atoms. The van der Waals surface area contributed by atoms with Gasteiger partial charge in [0, 0.05) is 17.2 Å². The molecular weight excluding hydrogens is 276 g/mol. The predicted molar refractivity (Wildman–Crippen MR) is 92.8 cm³/mol. The summed E-state index contributed by atoms with van der Waals surface area (Å²) in [5.41, 5.74) is 1.24. The first-order valence-corrected chi connectivity index (χ1v) is 9.68. The minimum Gasteiger partial charge on any atom is -0.397 e. The van der Waals surface area contributed by atoms with Gasteiger partial charge in [0.15, 0.2) is 0 Å². The lowest BCUT2D eigenvalue weighted by Gasteiger charge is -2.49. The second-order valence-electron chi connectivity index (χ2n) is 7.75. The highest BCUT2D eigenvalue weighted by molar-refractivity contribution is 6.73. The topological polar surface area (TPSA) is 18.5 Å². The van der Waals surface area contributed by atoms with Crippen LogP contribution in [0.4, 0.5) is 0 Å². The average molecular weight is 309 g/mol. The first-order chi connectivity index (χ1) is 9.59. The van der Waals surface area contributed by atoms with Gasteiger partial charge in [-0.3, -0.25) is 0 Å². The first kappa shape index (κ1) is 18.4. The van der Waals surface area contributed by atoms with Gasteiger partial charge in [0.05, 0.1) is 6.10 Å². The molecule has 0 aliphatic carbocycles. The number of rotatable bonds is 5. The fraction of sp³-hybridized carbons (Fsp3) is 0.667. The van der Waals surface area contributed by atoms with Gasteiger partial charge in [-0.2, -0.15) is 0 Å². The van der Waals surface area contributed by atoms with Crippen LogP contribution in [0.1, 0.15) is 66.6 Å². The van der Waals surface area contributed by atoms with Crippen LogP contribution in [0.3, 0.4) is 0 Å². The van der Waals surface area contributed by atoms with Crippen LogP contribution in [0.15, 0.2) is 30.3 Å².